The third-order valence-corrected chi connectivity index (χ3v) is 6.48. The molecular formula is C28H32N2O4. The minimum atomic E-state index is -0.0629. The first-order valence-electron chi connectivity index (χ1n) is 11.5. The molecule has 3 aromatic carbocycles. The second-order valence-corrected chi connectivity index (χ2v) is 8.52. The third-order valence-electron chi connectivity index (χ3n) is 6.48. The van der Waals surface area contributed by atoms with Crippen LogP contribution in [-0.2, 0) is 13.0 Å². The Balaban J connectivity index is 1.64. The molecule has 0 saturated carbocycles. The van der Waals surface area contributed by atoms with Crippen LogP contribution in [0, 0.1) is 6.92 Å². The van der Waals surface area contributed by atoms with Gasteiger partial charge in [-0.15, -0.1) is 0 Å². The van der Waals surface area contributed by atoms with Gasteiger partial charge in [-0.2, -0.15) is 0 Å². The van der Waals surface area contributed by atoms with Gasteiger partial charge < -0.3 is 19.5 Å². The Morgan fingerprint density at radius 1 is 0.971 bits per heavy atom. The zero-order valence-corrected chi connectivity index (χ0v) is 20.3. The molecule has 1 unspecified atom stereocenters. The molecule has 3 aromatic rings. The lowest BCUT2D eigenvalue weighted by molar-refractivity contribution is 0.0925. The number of hydrogen-bond acceptors (Lipinski definition) is 5. The van der Waals surface area contributed by atoms with Crippen LogP contribution in [0.3, 0.4) is 0 Å². The summed E-state index contributed by atoms with van der Waals surface area (Å²) in [6.45, 7) is 4.05. The van der Waals surface area contributed by atoms with Crippen molar-refractivity contribution >= 4 is 5.91 Å². The summed E-state index contributed by atoms with van der Waals surface area (Å²) in [4.78, 5) is 15.4. The van der Waals surface area contributed by atoms with Crippen molar-refractivity contribution in [1.82, 2.24) is 10.2 Å². The predicted octanol–water partition coefficient (Wildman–Crippen LogP) is 4.55. The monoisotopic (exact) mass is 460 g/mol. The van der Waals surface area contributed by atoms with Gasteiger partial charge in [0.05, 0.1) is 27.4 Å². The number of ether oxygens (including phenoxy) is 3. The van der Waals surface area contributed by atoms with Crippen LogP contribution in [0.5, 0.6) is 17.2 Å². The molecule has 0 fully saturated rings. The number of carbonyl (C=O) groups excluding carboxylic acids is 1. The number of rotatable bonds is 8. The number of nitrogens with zero attached hydrogens (tertiary/aromatic N) is 1. The number of amides is 1. The van der Waals surface area contributed by atoms with E-state index in [-0.39, 0.29) is 11.9 Å². The van der Waals surface area contributed by atoms with Crippen LogP contribution in [0.4, 0.5) is 0 Å². The summed E-state index contributed by atoms with van der Waals surface area (Å²) in [5.74, 6) is 2.20. The lowest BCUT2D eigenvalue weighted by Crippen LogP contribution is -2.42. The van der Waals surface area contributed by atoms with Gasteiger partial charge in [0.2, 0.25) is 0 Å². The summed E-state index contributed by atoms with van der Waals surface area (Å²) >= 11 is 0. The molecule has 1 N–H and O–H groups in total. The third kappa shape index (κ3) is 5.02. The number of fused-ring (bicyclic) bond motifs is 1. The van der Waals surface area contributed by atoms with Gasteiger partial charge in [-0.1, -0.05) is 30.3 Å². The Kier molecular flexibility index (Phi) is 7.38. The van der Waals surface area contributed by atoms with Crippen LogP contribution in [-0.4, -0.2) is 45.2 Å². The van der Waals surface area contributed by atoms with Crippen LogP contribution in [0.2, 0.25) is 0 Å². The summed E-state index contributed by atoms with van der Waals surface area (Å²) in [6, 6.07) is 19.9. The van der Waals surface area contributed by atoms with Gasteiger partial charge in [0.15, 0.2) is 11.5 Å². The van der Waals surface area contributed by atoms with Crippen molar-refractivity contribution in [2.45, 2.75) is 25.9 Å². The Bertz CT molecular complexity index is 1160. The SMILES string of the molecule is COc1cccc(CN2CCc3cc(OC)c(OC)cc3C2CNC(=O)c2ccccc2C)c1. The van der Waals surface area contributed by atoms with E-state index in [2.05, 4.69) is 34.5 Å². The molecule has 0 radical (unpaired) electrons. The predicted molar refractivity (Wildman–Crippen MR) is 133 cm³/mol. The van der Waals surface area contributed by atoms with E-state index in [1.165, 1.54) is 11.1 Å². The maximum atomic E-state index is 13.0. The van der Waals surface area contributed by atoms with Crippen LogP contribution in [0.25, 0.3) is 0 Å². The minimum Gasteiger partial charge on any atom is -0.497 e. The van der Waals surface area contributed by atoms with Gasteiger partial charge >= 0.3 is 0 Å². The fraction of sp³-hybridized carbons (Fsp3) is 0.321. The van der Waals surface area contributed by atoms with Crippen molar-refractivity contribution in [2.75, 3.05) is 34.4 Å². The molecule has 1 aliphatic heterocycles. The molecule has 0 spiro atoms. The van der Waals surface area contributed by atoms with E-state index in [1.54, 1.807) is 21.3 Å². The zero-order valence-electron chi connectivity index (χ0n) is 20.3. The van der Waals surface area contributed by atoms with E-state index in [0.717, 1.165) is 42.1 Å². The fourth-order valence-electron chi connectivity index (χ4n) is 4.63. The highest BCUT2D eigenvalue weighted by atomic mass is 16.5. The van der Waals surface area contributed by atoms with Crippen molar-refractivity contribution in [1.29, 1.82) is 0 Å². The quantitative estimate of drug-likeness (QED) is 0.534. The molecule has 1 aliphatic rings. The van der Waals surface area contributed by atoms with E-state index in [0.29, 0.717) is 17.9 Å². The summed E-state index contributed by atoms with van der Waals surface area (Å²) < 4.78 is 16.5. The first-order chi connectivity index (χ1) is 16.5. The van der Waals surface area contributed by atoms with Gasteiger partial charge in [0.25, 0.3) is 5.91 Å². The highest BCUT2D eigenvalue weighted by molar-refractivity contribution is 5.95. The van der Waals surface area contributed by atoms with Gasteiger partial charge in [0, 0.05) is 25.2 Å². The molecule has 0 aliphatic carbocycles. The Morgan fingerprint density at radius 2 is 1.74 bits per heavy atom. The van der Waals surface area contributed by atoms with E-state index < -0.39 is 0 Å². The van der Waals surface area contributed by atoms with Crippen molar-refractivity contribution in [3.8, 4) is 17.2 Å². The van der Waals surface area contributed by atoms with Crippen LogP contribution < -0.4 is 19.5 Å². The minimum absolute atomic E-state index is 0.0114. The number of hydrogen-bond donors (Lipinski definition) is 1. The average molecular weight is 461 g/mol. The lowest BCUT2D eigenvalue weighted by atomic mass is 9.91. The zero-order chi connectivity index (χ0) is 24.1. The van der Waals surface area contributed by atoms with Crippen LogP contribution >= 0.6 is 0 Å². The van der Waals surface area contributed by atoms with Crippen molar-refractivity contribution in [3.63, 3.8) is 0 Å². The summed E-state index contributed by atoms with van der Waals surface area (Å²) in [6.07, 6.45) is 0.891. The Morgan fingerprint density at radius 3 is 2.47 bits per heavy atom. The second-order valence-electron chi connectivity index (χ2n) is 8.52. The first kappa shape index (κ1) is 23.6. The highest BCUT2D eigenvalue weighted by Gasteiger charge is 2.30. The van der Waals surface area contributed by atoms with Gasteiger partial charge in [-0.3, -0.25) is 9.69 Å². The molecule has 4 rings (SSSR count). The van der Waals surface area contributed by atoms with Crippen LogP contribution in [0.15, 0.2) is 60.7 Å². The van der Waals surface area contributed by atoms with E-state index in [4.69, 9.17) is 14.2 Å². The maximum absolute atomic E-state index is 13.0. The van der Waals surface area contributed by atoms with E-state index in [9.17, 15) is 4.79 Å². The van der Waals surface area contributed by atoms with Crippen LogP contribution in [0.1, 0.15) is 38.7 Å². The maximum Gasteiger partial charge on any atom is 0.251 e. The van der Waals surface area contributed by atoms with Crippen molar-refractivity contribution in [3.05, 3.63) is 88.5 Å². The summed E-state index contributed by atoms with van der Waals surface area (Å²) in [7, 11) is 4.98. The van der Waals surface area contributed by atoms with Gasteiger partial charge in [-0.25, -0.2) is 0 Å². The highest BCUT2D eigenvalue weighted by Crippen LogP contribution is 2.38. The molecule has 6 heteroatoms. The first-order valence-corrected chi connectivity index (χ1v) is 11.5. The molecule has 1 atom stereocenters. The Hall–Kier alpha value is -3.51. The number of nitrogens with one attached hydrogen (secondary N) is 1. The average Bonchev–Trinajstić information content (AvgIpc) is 2.87. The molecule has 1 heterocycles. The molecule has 0 aromatic heterocycles. The number of carbonyl (C=O) groups is 1. The topological polar surface area (TPSA) is 60.0 Å². The number of methoxy groups -OCH3 is 3. The van der Waals surface area contributed by atoms with Crippen molar-refractivity contribution in [2.24, 2.45) is 0 Å². The van der Waals surface area contributed by atoms with Gasteiger partial charge in [0.1, 0.15) is 5.75 Å². The number of benzene rings is 3. The molecule has 0 saturated heterocycles. The van der Waals surface area contributed by atoms with Gasteiger partial charge in [-0.05, 0) is 65.9 Å². The fourth-order valence-corrected chi connectivity index (χ4v) is 4.63. The van der Waals surface area contributed by atoms with E-state index in [1.807, 2.05) is 43.3 Å². The molecule has 178 valence electrons. The second kappa shape index (κ2) is 10.6. The molecule has 0 bridgehead atoms. The normalized spacial score (nSPS) is 15.4. The molecule has 6 nitrogen and oxygen atoms in total. The summed E-state index contributed by atoms with van der Waals surface area (Å²) in [5, 5.41) is 3.18. The Labute approximate surface area is 201 Å². The molecule has 1 amide bonds. The largest absolute Gasteiger partial charge is 0.497 e. The molecule has 34 heavy (non-hydrogen) atoms. The standard InChI is InChI=1S/C28H32N2O4/c1-19-8-5-6-11-23(19)28(31)29-17-25-24-16-27(34-4)26(33-3)15-21(24)12-13-30(25)18-20-9-7-10-22(14-20)32-2/h5-11,14-16,25H,12-13,17-18H2,1-4H3,(H,29,31). The summed E-state index contributed by atoms with van der Waals surface area (Å²) in [5.41, 5.74) is 5.19. The number of aryl methyl sites for hydroxylation is 1. The lowest BCUT2D eigenvalue weighted by Gasteiger charge is -2.38. The smallest absolute Gasteiger partial charge is 0.251 e. The van der Waals surface area contributed by atoms with Crippen molar-refractivity contribution < 1.29 is 19.0 Å². The van der Waals surface area contributed by atoms with E-state index >= 15 is 0 Å². The molecular weight excluding hydrogens is 428 g/mol.